The van der Waals surface area contributed by atoms with Gasteiger partial charge in [0.2, 0.25) is 0 Å². The molecule has 1 aromatic carbocycles. The smallest absolute Gasteiger partial charge is 0.161 e. The van der Waals surface area contributed by atoms with Crippen LogP contribution in [0.25, 0.3) is 0 Å². The van der Waals surface area contributed by atoms with Crippen molar-refractivity contribution < 1.29 is 14.9 Å². The van der Waals surface area contributed by atoms with Crippen molar-refractivity contribution in [3.05, 3.63) is 23.8 Å². The fourth-order valence-electron chi connectivity index (χ4n) is 1.96. The summed E-state index contributed by atoms with van der Waals surface area (Å²) < 4.78 is 5.43. The molecule has 0 aliphatic carbocycles. The molecule has 1 saturated heterocycles. The lowest BCUT2D eigenvalue weighted by Gasteiger charge is -2.16. The summed E-state index contributed by atoms with van der Waals surface area (Å²) in [5.41, 5.74) is 0.708. The van der Waals surface area contributed by atoms with Crippen LogP contribution in [-0.4, -0.2) is 29.0 Å². The van der Waals surface area contributed by atoms with Crippen LogP contribution in [0.1, 0.15) is 18.9 Å². The van der Waals surface area contributed by atoms with Crippen molar-refractivity contribution >= 4 is 0 Å². The number of phenols is 2. The molecule has 2 atom stereocenters. The van der Waals surface area contributed by atoms with E-state index in [1.165, 1.54) is 6.07 Å². The van der Waals surface area contributed by atoms with Gasteiger partial charge in [0.1, 0.15) is 0 Å². The van der Waals surface area contributed by atoms with Gasteiger partial charge in [0.25, 0.3) is 0 Å². The molecular weight excluding hydrogens is 206 g/mol. The Kier molecular flexibility index (Phi) is 3.31. The number of para-hydroxylation sites is 1. The SMILES string of the molecule is CC1OCCC1NCc1cccc(O)c1O. The van der Waals surface area contributed by atoms with Crippen LogP contribution in [0.5, 0.6) is 11.5 Å². The fourth-order valence-corrected chi connectivity index (χ4v) is 1.96. The Morgan fingerprint density at radius 2 is 2.25 bits per heavy atom. The molecule has 0 saturated carbocycles. The van der Waals surface area contributed by atoms with E-state index in [1.807, 2.05) is 6.92 Å². The highest BCUT2D eigenvalue weighted by Crippen LogP contribution is 2.28. The van der Waals surface area contributed by atoms with Crippen molar-refractivity contribution in [3.8, 4) is 11.5 Å². The van der Waals surface area contributed by atoms with Crippen molar-refractivity contribution in [1.29, 1.82) is 0 Å². The lowest BCUT2D eigenvalue weighted by atomic mass is 10.1. The van der Waals surface area contributed by atoms with Crippen LogP contribution in [0, 0.1) is 0 Å². The Hall–Kier alpha value is -1.26. The molecule has 2 rings (SSSR count). The second-order valence-corrected chi connectivity index (χ2v) is 4.14. The van der Waals surface area contributed by atoms with Crippen molar-refractivity contribution in [3.63, 3.8) is 0 Å². The van der Waals surface area contributed by atoms with E-state index in [-0.39, 0.29) is 17.6 Å². The van der Waals surface area contributed by atoms with Crippen LogP contribution in [0.2, 0.25) is 0 Å². The van der Waals surface area contributed by atoms with Gasteiger partial charge in [-0.1, -0.05) is 12.1 Å². The van der Waals surface area contributed by atoms with E-state index in [9.17, 15) is 10.2 Å². The lowest BCUT2D eigenvalue weighted by molar-refractivity contribution is 0.113. The molecular formula is C12H17NO3. The first-order chi connectivity index (χ1) is 7.68. The van der Waals surface area contributed by atoms with E-state index in [2.05, 4.69) is 5.32 Å². The molecule has 1 heterocycles. The van der Waals surface area contributed by atoms with Gasteiger partial charge in [-0.25, -0.2) is 0 Å². The second-order valence-electron chi connectivity index (χ2n) is 4.14. The van der Waals surface area contributed by atoms with Gasteiger partial charge in [-0.05, 0) is 19.4 Å². The lowest BCUT2D eigenvalue weighted by Crippen LogP contribution is -2.34. The molecule has 4 nitrogen and oxygen atoms in total. The summed E-state index contributed by atoms with van der Waals surface area (Å²) in [6.07, 6.45) is 1.19. The summed E-state index contributed by atoms with van der Waals surface area (Å²) in [7, 11) is 0. The highest BCUT2D eigenvalue weighted by molar-refractivity contribution is 5.44. The van der Waals surface area contributed by atoms with Crippen LogP contribution < -0.4 is 5.32 Å². The first kappa shape index (κ1) is 11.2. The van der Waals surface area contributed by atoms with Crippen molar-refractivity contribution in [2.75, 3.05) is 6.61 Å². The maximum Gasteiger partial charge on any atom is 0.161 e. The maximum absolute atomic E-state index is 9.62. The summed E-state index contributed by atoms with van der Waals surface area (Å²) in [6, 6.07) is 5.31. The van der Waals surface area contributed by atoms with Gasteiger partial charge in [-0.3, -0.25) is 0 Å². The average Bonchev–Trinajstić information content (AvgIpc) is 2.67. The van der Waals surface area contributed by atoms with Crippen LogP contribution in [0.15, 0.2) is 18.2 Å². The number of phenolic OH excluding ortho intramolecular Hbond substituents is 2. The summed E-state index contributed by atoms with van der Waals surface area (Å²) in [5, 5.41) is 22.3. The number of nitrogens with one attached hydrogen (secondary N) is 1. The minimum atomic E-state index is -0.0741. The first-order valence-corrected chi connectivity index (χ1v) is 5.53. The van der Waals surface area contributed by atoms with E-state index in [0.717, 1.165) is 13.0 Å². The van der Waals surface area contributed by atoms with E-state index < -0.39 is 0 Å². The van der Waals surface area contributed by atoms with Gasteiger partial charge < -0.3 is 20.3 Å². The molecule has 88 valence electrons. The Morgan fingerprint density at radius 1 is 1.44 bits per heavy atom. The van der Waals surface area contributed by atoms with Crippen LogP contribution in [-0.2, 0) is 11.3 Å². The average molecular weight is 223 g/mol. The predicted octanol–water partition coefficient (Wildman–Crippen LogP) is 1.36. The van der Waals surface area contributed by atoms with Crippen molar-refractivity contribution in [1.82, 2.24) is 5.32 Å². The normalized spacial score (nSPS) is 24.8. The maximum atomic E-state index is 9.62. The topological polar surface area (TPSA) is 61.7 Å². The molecule has 1 aliphatic rings. The fraction of sp³-hybridized carbons (Fsp3) is 0.500. The number of hydrogen-bond donors (Lipinski definition) is 3. The number of benzene rings is 1. The first-order valence-electron chi connectivity index (χ1n) is 5.53. The predicted molar refractivity (Wildman–Crippen MR) is 60.4 cm³/mol. The molecule has 0 amide bonds. The Morgan fingerprint density at radius 3 is 2.94 bits per heavy atom. The van der Waals surface area contributed by atoms with Gasteiger partial charge >= 0.3 is 0 Å². The zero-order chi connectivity index (χ0) is 11.5. The second kappa shape index (κ2) is 4.72. The Bertz CT molecular complexity index is 367. The van der Waals surface area contributed by atoms with Gasteiger partial charge in [-0.2, -0.15) is 0 Å². The number of ether oxygens (including phenoxy) is 1. The number of aromatic hydroxyl groups is 2. The molecule has 2 unspecified atom stereocenters. The van der Waals surface area contributed by atoms with Crippen LogP contribution >= 0.6 is 0 Å². The third-order valence-corrected chi connectivity index (χ3v) is 3.03. The third-order valence-electron chi connectivity index (χ3n) is 3.03. The van der Waals surface area contributed by atoms with Crippen molar-refractivity contribution in [2.24, 2.45) is 0 Å². The summed E-state index contributed by atoms with van der Waals surface area (Å²) in [5.74, 6) is -0.114. The molecule has 0 radical (unpaired) electrons. The van der Waals surface area contributed by atoms with E-state index >= 15 is 0 Å². The summed E-state index contributed by atoms with van der Waals surface area (Å²) in [6.45, 7) is 3.36. The highest BCUT2D eigenvalue weighted by atomic mass is 16.5. The van der Waals surface area contributed by atoms with Crippen LogP contribution in [0.3, 0.4) is 0 Å². The minimum absolute atomic E-state index is 0.0402. The molecule has 0 spiro atoms. The van der Waals surface area contributed by atoms with Crippen LogP contribution in [0.4, 0.5) is 0 Å². The number of rotatable bonds is 3. The molecule has 16 heavy (non-hydrogen) atoms. The largest absolute Gasteiger partial charge is 0.504 e. The molecule has 0 bridgehead atoms. The summed E-state index contributed by atoms with van der Waals surface area (Å²) >= 11 is 0. The Balaban J connectivity index is 1.96. The minimum Gasteiger partial charge on any atom is -0.504 e. The molecule has 1 aromatic rings. The monoisotopic (exact) mass is 223 g/mol. The Labute approximate surface area is 94.9 Å². The molecule has 4 heteroatoms. The molecule has 1 aliphatic heterocycles. The third kappa shape index (κ3) is 2.28. The molecule has 0 aromatic heterocycles. The molecule has 1 fully saturated rings. The van der Waals surface area contributed by atoms with E-state index in [4.69, 9.17) is 4.74 Å². The zero-order valence-corrected chi connectivity index (χ0v) is 9.31. The highest BCUT2D eigenvalue weighted by Gasteiger charge is 2.23. The van der Waals surface area contributed by atoms with E-state index in [1.54, 1.807) is 12.1 Å². The van der Waals surface area contributed by atoms with E-state index in [0.29, 0.717) is 18.2 Å². The standard InChI is InChI=1S/C12H17NO3/c1-8-10(5-6-16-8)13-7-9-3-2-4-11(14)12(9)15/h2-4,8,10,13-15H,5-7H2,1H3. The van der Waals surface area contributed by atoms with Gasteiger partial charge in [-0.15, -0.1) is 0 Å². The van der Waals surface area contributed by atoms with Crippen molar-refractivity contribution in [2.45, 2.75) is 32.0 Å². The van der Waals surface area contributed by atoms with Gasteiger partial charge in [0, 0.05) is 24.8 Å². The summed E-state index contributed by atoms with van der Waals surface area (Å²) in [4.78, 5) is 0. The molecule has 3 N–H and O–H groups in total. The number of hydrogen-bond acceptors (Lipinski definition) is 4. The van der Waals surface area contributed by atoms with Gasteiger partial charge in [0.15, 0.2) is 11.5 Å². The quantitative estimate of drug-likeness (QED) is 0.677. The van der Waals surface area contributed by atoms with Gasteiger partial charge in [0.05, 0.1) is 6.10 Å². The zero-order valence-electron chi connectivity index (χ0n) is 9.31.